The van der Waals surface area contributed by atoms with Crippen LogP contribution in [-0.4, -0.2) is 15.9 Å². The Morgan fingerprint density at radius 1 is 1.25 bits per heavy atom. The number of benzene rings is 1. The molecule has 0 aliphatic rings. The number of pyridine rings is 1. The molecule has 5 heteroatoms. The minimum atomic E-state index is -0.0459. The monoisotopic (exact) mass is 337 g/mol. The number of aryl methyl sites for hydroxylation is 1. The van der Waals surface area contributed by atoms with E-state index in [0.29, 0.717) is 0 Å². The van der Waals surface area contributed by atoms with Gasteiger partial charge in [0.25, 0.3) is 0 Å². The zero-order valence-corrected chi connectivity index (χ0v) is 14.5. The molecule has 1 unspecified atom stereocenters. The number of carbonyl (C=O) groups excluding carboxylic acids is 1. The summed E-state index contributed by atoms with van der Waals surface area (Å²) in [5.41, 5.74) is 4.14. The molecule has 1 aromatic carbocycles. The number of thiazole rings is 1. The Bertz CT molecular complexity index is 829. The van der Waals surface area contributed by atoms with Crippen LogP contribution in [0.4, 0.5) is 0 Å². The summed E-state index contributed by atoms with van der Waals surface area (Å²) in [7, 11) is 0. The third-order valence-corrected chi connectivity index (χ3v) is 4.68. The molecule has 0 spiro atoms. The average Bonchev–Trinajstić information content (AvgIpc) is 3.04. The first-order valence-electron chi connectivity index (χ1n) is 7.82. The summed E-state index contributed by atoms with van der Waals surface area (Å²) in [4.78, 5) is 20.8. The van der Waals surface area contributed by atoms with Gasteiger partial charge in [0.1, 0.15) is 5.01 Å². The molecule has 0 radical (unpaired) electrons. The quantitative estimate of drug-likeness (QED) is 0.767. The first-order chi connectivity index (χ1) is 11.6. The molecule has 2 aromatic heterocycles. The topological polar surface area (TPSA) is 54.9 Å². The second kappa shape index (κ2) is 7.36. The van der Waals surface area contributed by atoms with E-state index < -0.39 is 0 Å². The highest BCUT2D eigenvalue weighted by Gasteiger charge is 2.12. The zero-order valence-electron chi connectivity index (χ0n) is 13.7. The van der Waals surface area contributed by atoms with Crippen LogP contribution in [0.2, 0.25) is 0 Å². The molecule has 3 aromatic rings. The van der Waals surface area contributed by atoms with Crippen molar-refractivity contribution in [1.29, 1.82) is 0 Å². The van der Waals surface area contributed by atoms with Crippen LogP contribution in [0.5, 0.6) is 0 Å². The Hall–Kier alpha value is -2.53. The molecule has 1 amide bonds. The van der Waals surface area contributed by atoms with E-state index in [1.165, 1.54) is 5.56 Å². The van der Waals surface area contributed by atoms with Gasteiger partial charge in [0.15, 0.2) is 0 Å². The van der Waals surface area contributed by atoms with Crippen LogP contribution in [0.15, 0.2) is 54.2 Å². The molecule has 4 nitrogen and oxygen atoms in total. The van der Waals surface area contributed by atoms with Crippen molar-refractivity contribution in [3.05, 3.63) is 71.0 Å². The Balaban J connectivity index is 1.63. The first kappa shape index (κ1) is 16.3. The molecule has 3 rings (SSSR count). The van der Waals surface area contributed by atoms with Crippen molar-refractivity contribution >= 4 is 17.2 Å². The van der Waals surface area contributed by atoms with Crippen LogP contribution < -0.4 is 5.32 Å². The number of amides is 1. The van der Waals surface area contributed by atoms with E-state index in [1.54, 1.807) is 23.7 Å². The van der Waals surface area contributed by atoms with Gasteiger partial charge in [0.2, 0.25) is 5.91 Å². The summed E-state index contributed by atoms with van der Waals surface area (Å²) in [6.45, 7) is 4.03. The summed E-state index contributed by atoms with van der Waals surface area (Å²) in [6.07, 6.45) is 3.75. The summed E-state index contributed by atoms with van der Waals surface area (Å²) >= 11 is 1.57. The van der Waals surface area contributed by atoms with Gasteiger partial charge >= 0.3 is 0 Å². The average molecular weight is 337 g/mol. The number of hydrogen-bond acceptors (Lipinski definition) is 4. The number of aromatic nitrogens is 2. The fourth-order valence-electron chi connectivity index (χ4n) is 2.49. The van der Waals surface area contributed by atoms with E-state index in [4.69, 9.17) is 0 Å². The molecule has 0 saturated carbocycles. The van der Waals surface area contributed by atoms with Gasteiger partial charge in [-0.3, -0.25) is 9.78 Å². The van der Waals surface area contributed by atoms with Crippen LogP contribution in [-0.2, 0) is 11.2 Å². The molecule has 1 atom stereocenters. The zero-order chi connectivity index (χ0) is 16.9. The smallest absolute Gasteiger partial charge is 0.226 e. The van der Waals surface area contributed by atoms with Crippen LogP contribution in [0.1, 0.15) is 29.8 Å². The van der Waals surface area contributed by atoms with Crippen LogP contribution >= 0.6 is 11.3 Å². The van der Waals surface area contributed by atoms with Crippen molar-refractivity contribution in [2.75, 3.05) is 0 Å². The molecule has 2 heterocycles. The number of rotatable bonds is 5. The minimum Gasteiger partial charge on any atom is -0.349 e. The van der Waals surface area contributed by atoms with Gasteiger partial charge in [-0.05, 0) is 37.6 Å². The molecule has 0 fully saturated rings. The third kappa shape index (κ3) is 4.06. The van der Waals surface area contributed by atoms with E-state index in [1.807, 2.05) is 36.6 Å². The lowest BCUT2D eigenvalue weighted by molar-refractivity contribution is -0.121. The summed E-state index contributed by atoms with van der Waals surface area (Å²) in [5.74, 6) is -0.0274. The number of carbonyl (C=O) groups is 1. The summed E-state index contributed by atoms with van der Waals surface area (Å²) < 4.78 is 0. The predicted octanol–water partition coefficient (Wildman–Crippen LogP) is 3.93. The van der Waals surface area contributed by atoms with E-state index in [0.717, 1.165) is 21.8 Å². The van der Waals surface area contributed by atoms with Crippen molar-refractivity contribution < 1.29 is 4.79 Å². The highest BCUT2D eigenvalue weighted by Crippen LogP contribution is 2.24. The fraction of sp³-hybridized carbons (Fsp3) is 0.211. The van der Waals surface area contributed by atoms with Crippen molar-refractivity contribution in [3.8, 4) is 10.6 Å². The first-order valence-corrected chi connectivity index (χ1v) is 8.70. The van der Waals surface area contributed by atoms with Crippen LogP contribution in [0, 0.1) is 6.92 Å². The normalized spacial score (nSPS) is 11.9. The van der Waals surface area contributed by atoms with Gasteiger partial charge in [0, 0.05) is 23.3 Å². The molecule has 122 valence electrons. The van der Waals surface area contributed by atoms with Crippen molar-refractivity contribution in [3.63, 3.8) is 0 Å². The number of nitrogens with zero attached hydrogens (tertiary/aromatic N) is 2. The lowest BCUT2D eigenvalue weighted by Gasteiger charge is -2.13. The van der Waals surface area contributed by atoms with Gasteiger partial charge in [0.05, 0.1) is 18.2 Å². The van der Waals surface area contributed by atoms with Crippen LogP contribution in [0.3, 0.4) is 0 Å². The highest BCUT2D eigenvalue weighted by molar-refractivity contribution is 7.13. The maximum atomic E-state index is 12.2. The standard InChI is InChI=1S/C19H19N3OS/c1-13-4-3-5-16(10-13)19-22-17(12-24-19)11-18(23)21-14(2)15-6-8-20-9-7-15/h3-10,12,14H,11H2,1-2H3,(H,21,23). The molecule has 0 saturated heterocycles. The van der Waals surface area contributed by atoms with E-state index >= 15 is 0 Å². The highest BCUT2D eigenvalue weighted by atomic mass is 32.1. The van der Waals surface area contributed by atoms with Gasteiger partial charge in [-0.15, -0.1) is 11.3 Å². The van der Waals surface area contributed by atoms with Crippen molar-refractivity contribution in [2.45, 2.75) is 26.3 Å². The molecular weight excluding hydrogens is 318 g/mol. The molecule has 0 aliphatic heterocycles. The molecular formula is C19H19N3OS. The van der Waals surface area contributed by atoms with E-state index in [2.05, 4.69) is 34.3 Å². The van der Waals surface area contributed by atoms with Gasteiger partial charge in [-0.1, -0.05) is 23.8 Å². The minimum absolute atomic E-state index is 0.0274. The molecule has 0 aliphatic carbocycles. The Labute approximate surface area is 145 Å². The maximum Gasteiger partial charge on any atom is 0.226 e. The number of hydrogen-bond donors (Lipinski definition) is 1. The summed E-state index contributed by atoms with van der Waals surface area (Å²) in [6, 6.07) is 12.0. The predicted molar refractivity (Wildman–Crippen MR) is 96.8 cm³/mol. The molecule has 0 bridgehead atoms. The van der Waals surface area contributed by atoms with Gasteiger partial charge in [-0.2, -0.15) is 0 Å². The number of nitrogens with one attached hydrogen (secondary N) is 1. The SMILES string of the molecule is Cc1cccc(-c2nc(CC(=O)NC(C)c3ccncc3)cs2)c1. The second-order valence-electron chi connectivity index (χ2n) is 5.76. The fourth-order valence-corrected chi connectivity index (χ4v) is 3.31. The Morgan fingerprint density at radius 3 is 2.79 bits per heavy atom. The van der Waals surface area contributed by atoms with Crippen molar-refractivity contribution in [1.82, 2.24) is 15.3 Å². The second-order valence-corrected chi connectivity index (χ2v) is 6.62. The van der Waals surface area contributed by atoms with Crippen molar-refractivity contribution in [2.24, 2.45) is 0 Å². The Morgan fingerprint density at radius 2 is 2.04 bits per heavy atom. The van der Waals surface area contributed by atoms with Gasteiger partial charge in [-0.25, -0.2) is 4.98 Å². The van der Waals surface area contributed by atoms with E-state index in [9.17, 15) is 4.79 Å². The maximum absolute atomic E-state index is 12.2. The largest absolute Gasteiger partial charge is 0.349 e. The molecule has 24 heavy (non-hydrogen) atoms. The lowest BCUT2D eigenvalue weighted by Crippen LogP contribution is -2.28. The van der Waals surface area contributed by atoms with Crippen LogP contribution in [0.25, 0.3) is 10.6 Å². The Kier molecular flexibility index (Phi) is 5.01. The van der Waals surface area contributed by atoms with Gasteiger partial charge < -0.3 is 5.32 Å². The molecule has 1 N–H and O–H groups in total. The van der Waals surface area contributed by atoms with E-state index in [-0.39, 0.29) is 18.4 Å². The third-order valence-electron chi connectivity index (χ3n) is 3.74. The lowest BCUT2D eigenvalue weighted by atomic mass is 10.1. The summed E-state index contributed by atoms with van der Waals surface area (Å²) in [5, 5.41) is 5.90.